The van der Waals surface area contributed by atoms with Crippen molar-refractivity contribution in [2.45, 2.75) is 32.9 Å². The van der Waals surface area contributed by atoms with E-state index in [4.69, 9.17) is 5.26 Å². The molecule has 2 aromatic rings. The molecule has 2 amide bonds. The van der Waals surface area contributed by atoms with Crippen LogP contribution >= 0.6 is 0 Å². The largest absolute Gasteiger partial charge is 0.335 e. The third-order valence-corrected chi connectivity index (χ3v) is 5.25. The fourth-order valence-electron chi connectivity index (χ4n) is 3.53. The van der Waals surface area contributed by atoms with Crippen LogP contribution in [0.3, 0.4) is 0 Å². The predicted octanol–water partition coefficient (Wildman–Crippen LogP) is 2.48. The van der Waals surface area contributed by atoms with E-state index in [9.17, 15) is 9.59 Å². The maximum absolute atomic E-state index is 13.0. The number of nitrogens with zero attached hydrogens (tertiary/aromatic N) is 5. The van der Waals surface area contributed by atoms with Crippen molar-refractivity contribution in [3.8, 4) is 6.07 Å². The number of urea groups is 1. The molecule has 0 aliphatic carbocycles. The Morgan fingerprint density at radius 3 is 2.40 bits per heavy atom. The quantitative estimate of drug-likeness (QED) is 0.766. The number of anilines is 1. The lowest BCUT2D eigenvalue weighted by Crippen LogP contribution is -2.58. The summed E-state index contributed by atoms with van der Waals surface area (Å²) >= 11 is 0. The summed E-state index contributed by atoms with van der Waals surface area (Å²) in [5.41, 5.74) is 0.971. The molecule has 1 unspecified atom stereocenters. The van der Waals surface area contributed by atoms with Crippen molar-refractivity contribution < 1.29 is 9.59 Å². The van der Waals surface area contributed by atoms with Gasteiger partial charge in [-0.2, -0.15) is 5.26 Å². The second kappa shape index (κ2) is 9.35. The monoisotopic (exact) mass is 406 g/mol. The number of nitriles is 1. The molecule has 0 spiro atoms. The van der Waals surface area contributed by atoms with E-state index in [0.29, 0.717) is 36.7 Å². The lowest BCUT2D eigenvalue weighted by atomic mass is 9.94. The van der Waals surface area contributed by atoms with Gasteiger partial charge in [0.1, 0.15) is 0 Å². The Balaban J connectivity index is 1.65. The lowest BCUT2D eigenvalue weighted by molar-refractivity contribution is 0.0912. The molecule has 1 fully saturated rings. The lowest BCUT2D eigenvalue weighted by Gasteiger charge is -2.40. The number of hydrogen-bond donors (Lipinski definition) is 1. The Morgan fingerprint density at radius 1 is 1.17 bits per heavy atom. The van der Waals surface area contributed by atoms with Crippen molar-refractivity contribution in [2.75, 3.05) is 24.5 Å². The van der Waals surface area contributed by atoms with Gasteiger partial charge in [-0.25, -0.2) is 14.8 Å². The number of piperazine rings is 1. The molecule has 30 heavy (non-hydrogen) atoms. The summed E-state index contributed by atoms with van der Waals surface area (Å²) in [5.74, 6) is 0.418. The summed E-state index contributed by atoms with van der Waals surface area (Å²) in [5, 5.41) is 11.8. The SMILES string of the molecule is CC(C)C(NC(=O)N1CCN(c2ncccn2)[C@@H](C)C1)C(=O)c1ccc(C#N)cc1. The number of rotatable bonds is 5. The summed E-state index contributed by atoms with van der Waals surface area (Å²) in [4.78, 5) is 38.3. The normalized spacial score (nSPS) is 17.4. The molecule has 1 aromatic heterocycles. The summed E-state index contributed by atoms with van der Waals surface area (Å²) in [7, 11) is 0. The van der Waals surface area contributed by atoms with E-state index in [1.54, 1.807) is 47.6 Å². The molecule has 1 saturated heterocycles. The number of Topliss-reactive ketones (excluding diaryl/α,β-unsaturated/α-hetero) is 1. The molecule has 8 heteroatoms. The molecule has 0 bridgehead atoms. The third kappa shape index (κ3) is 4.74. The molecule has 2 atom stereocenters. The fourth-order valence-corrected chi connectivity index (χ4v) is 3.53. The van der Waals surface area contributed by atoms with Crippen molar-refractivity contribution >= 4 is 17.8 Å². The van der Waals surface area contributed by atoms with Crippen LogP contribution in [0.2, 0.25) is 0 Å². The standard InChI is InChI=1S/C22H26N6O2/c1-15(2)19(20(29)18-7-5-17(13-23)6-8-18)26-22(30)27-11-12-28(16(3)14-27)21-24-9-4-10-25-21/h4-10,15-16,19H,11-12,14H2,1-3H3,(H,26,30)/t16-,19?/m0/s1. The van der Waals surface area contributed by atoms with Gasteiger partial charge >= 0.3 is 6.03 Å². The number of amides is 2. The smallest absolute Gasteiger partial charge is 0.318 e. The van der Waals surface area contributed by atoms with E-state index >= 15 is 0 Å². The van der Waals surface area contributed by atoms with Gasteiger partial charge in [-0.1, -0.05) is 26.0 Å². The van der Waals surface area contributed by atoms with Crippen molar-refractivity contribution in [2.24, 2.45) is 5.92 Å². The van der Waals surface area contributed by atoms with Crippen molar-refractivity contribution in [3.63, 3.8) is 0 Å². The van der Waals surface area contributed by atoms with Crippen LogP contribution in [0.1, 0.15) is 36.7 Å². The van der Waals surface area contributed by atoms with Crippen LogP contribution < -0.4 is 10.2 Å². The maximum Gasteiger partial charge on any atom is 0.318 e. The van der Waals surface area contributed by atoms with Crippen molar-refractivity contribution in [1.82, 2.24) is 20.2 Å². The average Bonchev–Trinajstić information content (AvgIpc) is 2.77. The molecule has 1 aliphatic heterocycles. The highest BCUT2D eigenvalue weighted by atomic mass is 16.2. The number of nitrogens with one attached hydrogen (secondary N) is 1. The molecule has 8 nitrogen and oxygen atoms in total. The molecular formula is C22H26N6O2. The zero-order valence-corrected chi connectivity index (χ0v) is 17.4. The summed E-state index contributed by atoms with van der Waals surface area (Å²) in [6, 6.07) is 9.45. The zero-order valence-electron chi connectivity index (χ0n) is 17.4. The van der Waals surface area contributed by atoms with E-state index in [2.05, 4.69) is 20.2 Å². The third-order valence-electron chi connectivity index (χ3n) is 5.25. The Labute approximate surface area is 176 Å². The molecule has 0 saturated carbocycles. The Kier molecular flexibility index (Phi) is 6.62. The van der Waals surface area contributed by atoms with Gasteiger partial charge in [-0.05, 0) is 31.0 Å². The van der Waals surface area contributed by atoms with Gasteiger partial charge in [-0.3, -0.25) is 4.79 Å². The summed E-state index contributed by atoms with van der Waals surface area (Å²) < 4.78 is 0. The Hall–Kier alpha value is -3.47. The Morgan fingerprint density at radius 2 is 1.83 bits per heavy atom. The van der Waals surface area contributed by atoms with Crippen LogP contribution in [0, 0.1) is 17.2 Å². The molecule has 1 aliphatic rings. The van der Waals surface area contributed by atoms with Gasteiger partial charge < -0.3 is 15.1 Å². The van der Waals surface area contributed by atoms with E-state index in [1.165, 1.54) is 0 Å². The van der Waals surface area contributed by atoms with Crippen LogP contribution in [0.25, 0.3) is 0 Å². The maximum atomic E-state index is 13.0. The van der Waals surface area contributed by atoms with Crippen molar-refractivity contribution in [1.29, 1.82) is 5.26 Å². The molecular weight excluding hydrogens is 380 g/mol. The highest BCUT2D eigenvalue weighted by Crippen LogP contribution is 2.17. The molecule has 3 rings (SSSR count). The van der Waals surface area contributed by atoms with Gasteiger partial charge in [0.25, 0.3) is 0 Å². The number of hydrogen-bond acceptors (Lipinski definition) is 6. The molecule has 2 heterocycles. The van der Waals surface area contributed by atoms with Gasteiger partial charge in [0.15, 0.2) is 5.78 Å². The van der Waals surface area contributed by atoms with E-state index < -0.39 is 6.04 Å². The minimum Gasteiger partial charge on any atom is -0.335 e. The zero-order chi connectivity index (χ0) is 21.7. The first kappa shape index (κ1) is 21.2. The minimum atomic E-state index is -0.642. The second-order valence-corrected chi connectivity index (χ2v) is 7.76. The van der Waals surface area contributed by atoms with E-state index in [0.717, 1.165) is 0 Å². The fraction of sp³-hybridized carbons (Fsp3) is 0.409. The minimum absolute atomic E-state index is 0.0543. The Bertz CT molecular complexity index is 923. The first-order valence-corrected chi connectivity index (χ1v) is 10.0. The molecule has 1 aromatic carbocycles. The molecule has 0 radical (unpaired) electrons. The predicted molar refractivity (Wildman–Crippen MR) is 113 cm³/mol. The number of benzene rings is 1. The topological polar surface area (TPSA) is 102 Å². The number of carbonyl (C=O) groups is 2. The summed E-state index contributed by atoms with van der Waals surface area (Å²) in [6.45, 7) is 7.48. The highest BCUT2D eigenvalue weighted by Gasteiger charge is 2.31. The van der Waals surface area contributed by atoms with Gasteiger partial charge in [0.05, 0.1) is 17.7 Å². The van der Waals surface area contributed by atoms with Gasteiger partial charge in [-0.15, -0.1) is 0 Å². The number of carbonyl (C=O) groups excluding carboxylic acids is 2. The van der Waals surface area contributed by atoms with E-state index in [1.807, 2.05) is 26.8 Å². The summed E-state index contributed by atoms with van der Waals surface area (Å²) in [6.07, 6.45) is 3.41. The highest BCUT2D eigenvalue weighted by molar-refractivity contribution is 6.02. The van der Waals surface area contributed by atoms with Crippen LogP contribution in [0.15, 0.2) is 42.7 Å². The van der Waals surface area contributed by atoms with Crippen LogP contribution in [0.5, 0.6) is 0 Å². The first-order valence-electron chi connectivity index (χ1n) is 10.0. The van der Waals surface area contributed by atoms with Crippen LogP contribution in [0.4, 0.5) is 10.7 Å². The average molecular weight is 406 g/mol. The second-order valence-electron chi connectivity index (χ2n) is 7.76. The van der Waals surface area contributed by atoms with Crippen molar-refractivity contribution in [3.05, 3.63) is 53.9 Å². The van der Waals surface area contributed by atoms with E-state index in [-0.39, 0.29) is 23.8 Å². The van der Waals surface area contributed by atoms with Gasteiger partial charge in [0.2, 0.25) is 5.95 Å². The first-order chi connectivity index (χ1) is 14.4. The number of aromatic nitrogens is 2. The molecule has 156 valence electrons. The van der Waals surface area contributed by atoms with Crippen LogP contribution in [-0.4, -0.2) is 58.4 Å². The van der Waals surface area contributed by atoms with Gasteiger partial charge in [0, 0.05) is 43.6 Å². The molecule has 1 N–H and O–H groups in total. The number of ketones is 1. The van der Waals surface area contributed by atoms with Crippen LogP contribution in [-0.2, 0) is 0 Å².